The Bertz CT molecular complexity index is 489. The lowest BCUT2D eigenvalue weighted by molar-refractivity contribution is 0.241. The molecule has 132 valence electrons. The molecule has 0 aromatic heterocycles. The van der Waals surface area contributed by atoms with E-state index in [1.807, 2.05) is 18.2 Å². The number of nitrogens with one attached hydrogen (secondary N) is 2. The molecule has 2 N–H and O–H groups in total. The predicted molar refractivity (Wildman–Crippen MR) is 112 cm³/mol. The molecule has 0 aliphatic carbocycles. The van der Waals surface area contributed by atoms with Gasteiger partial charge in [-0.2, -0.15) is 0 Å². The Kier molecular flexibility index (Phi) is 10.8. The highest BCUT2D eigenvalue weighted by Crippen LogP contribution is 2.15. The molecule has 1 aromatic carbocycles. The van der Waals surface area contributed by atoms with Crippen molar-refractivity contribution in [1.29, 1.82) is 0 Å². The van der Waals surface area contributed by atoms with Crippen molar-refractivity contribution >= 4 is 41.5 Å². The molecular formula is C17H30ClIN4. The summed E-state index contributed by atoms with van der Waals surface area (Å²) in [5.74, 6) is 0.832. The number of guanidine groups is 1. The molecule has 0 unspecified atom stereocenters. The maximum absolute atomic E-state index is 6.16. The van der Waals surface area contributed by atoms with Gasteiger partial charge < -0.3 is 15.5 Å². The summed E-state index contributed by atoms with van der Waals surface area (Å²) in [4.78, 5) is 6.48. The van der Waals surface area contributed by atoms with E-state index in [-0.39, 0.29) is 29.4 Å². The van der Waals surface area contributed by atoms with Crippen LogP contribution in [0.2, 0.25) is 5.02 Å². The van der Waals surface area contributed by atoms with Gasteiger partial charge in [0.1, 0.15) is 0 Å². The summed E-state index contributed by atoms with van der Waals surface area (Å²) in [6.07, 6.45) is 0.876. The van der Waals surface area contributed by atoms with E-state index >= 15 is 0 Å². The highest BCUT2D eigenvalue weighted by molar-refractivity contribution is 14.0. The summed E-state index contributed by atoms with van der Waals surface area (Å²) in [6.45, 7) is 7.19. The lowest BCUT2D eigenvalue weighted by atomic mass is 9.93. The molecule has 0 atom stereocenters. The van der Waals surface area contributed by atoms with Gasteiger partial charge in [-0.1, -0.05) is 43.6 Å². The van der Waals surface area contributed by atoms with Gasteiger partial charge >= 0.3 is 0 Å². The zero-order valence-corrected chi connectivity index (χ0v) is 17.9. The second-order valence-electron chi connectivity index (χ2n) is 6.60. The van der Waals surface area contributed by atoms with Crippen LogP contribution in [0.4, 0.5) is 0 Å². The Morgan fingerprint density at radius 2 is 1.87 bits per heavy atom. The molecule has 0 amide bonds. The molecule has 0 fully saturated rings. The fraction of sp³-hybridized carbons (Fsp3) is 0.588. The van der Waals surface area contributed by atoms with Crippen LogP contribution < -0.4 is 10.6 Å². The summed E-state index contributed by atoms with van der Waals surface area (Å²) in [7, 11) is 5.99. The zero-order chi connectivity index (χ0) is 16.6. The monoisotopic (exact) mass is 452 g/mol. The first-order valence-corrected chi connectivity index (χ1v) is 8.04. The smallest absolute Gasteiger partial charge is 0.191 e. The van der Waals surface area contributed by atoms with Gasteiger partial charge in [0, 0.05) is 31.7 Å². The van der Waals surface area contributed by atoms with E-state index in [4.69, 9.17) is 11.6 Å². The molecule has 1 aromatic rings. The standard InChI is InChI=1S/C17H29ClN4.HI/c1-17(2,13-22(4)5)12-21-16(19-3)20-11-10-14-8-6-7-9-15(14)18;/h6-9H,10-13H2,1-5H3,(H2,19,20,21);1H. The number of halogens is 2. The number of rotatable bonds is 7. The molecule has 1 rings (SSSR count). The summed E-state index contributed by atoms with van der Waals surface area (Å²) < 4.78 is 0. The van der Waals surface area contributed by atoms with Crippen molar-refractivity contribution in [2.45, 2.75) is 20.3 Å². The van der Waals surface area contributed by atoms with Gasteiger partial charge in [0.2, 0.25) is 0 Å². The van der Waals surface area contributed by atoms with Crippen molar-refractivity contribution in [2.75, 3.05) is 40.8 Å². The minimum atomic E-state index is 0. The van der Waals surface area contributed by atoms with E-state index < -0.39 is 0 Å². The molecule has 6 heteroatoms. The third-order valence-corrected chi connectivity index (χ3v) is 3.72. The summed E-state index contributed by atoms with van der Waals surface area (Å²) in [6, 6.07) is 7.94. The molecular weight excluding hydrogens is 423 g/mol. The van der Waals surface area contributed by atoms with Crippen LogP contribution in [-0.4, -0.2) is 51.6 Å². The minimum Gasteiger partial charge on any atom is -0.356 e. The van der Waals surface area contributed by atoms with Gasteiger partial charge in [0.15, 0.2) is 5.96 Å². The number of hydrogen-bond acceptors (Lipinski definition) is 2. The van der Waals surface area contributed by atoms with Crippen LogP contribution in [0.3, 0.4) is 0 Å². The molecule has 0 aliphatic heterocycles. The number of aliphatic imine (C=N–C) groups is 1. The van der Waals surface area contributed by atoms with Crippen molar-refractivity contribution in [3.05, 3.63) is 34.9 Å². The number of nitrogens with zero attached hydrogens (tertiary/aromatic N) is 2. The van der Waals surface area contributed by atoms with Gasteiger partial charge in [0.25, 0.3) is 0 Å². The molecule has 0 radical (unpaired) electrons. The van der Waals surface area contributed by atoms with E-state index in [0.29, 0.717) is 0 Å². The van der Waals surface area contributed by atoms with Crippen LogP contribution in [0.5, 0.6) is 0 Å². The molecule has 23 heavy (non-hydrogen) atoms. The molecule has 0 saturated carbocycles. The van der Waals surface area contributed by atoms with E-state index in [2.05, 4.69) is 54.5 Å². The molecule has 0 spiro atoms. The Morgan fingerprint density at radius 3 is 2.43 bits per heavy atom. The van der Waals surface area contributed by atoms with Crippen LogP contribution in [-0.2, 0) is 6.42 Å². The number of hydrogen-bond donors (Lipinski definition) is 2. The molecule has 0 bridgehead atoms. The first-order chi connectivity index (χ1) is 10.3. The average Bonchev–Trinajstić information content (AvgIpc) is 2.43. The fourth-order valence-corrected chi connectivity index (χ4v) is 2.70. The van der Waals surface area contributed by atoms with E-state index in [0.717, 1.165) is 42.6 Å². The molecule has 0 aliphatic rings. The fourth-order valence-electron chi connectivity index (χ4n) is 2.47. The normalized spacial score (nSPS) is 12.0. The van der Waals surface area contributed by atoms with Crippen LogP contribution in [0, 0.1) is 5.41 Å². The van der Waals surface area contributed by atoms with Crippen LogP contribution in [0.1, 0.15) is 19.4 Å². The lowest BCUT2D eigenvalue weighted by Gasteiger charge is -2.29. The molecule has 0 heterocycles. The summed E-state index contributed by atoms with van der Waals surface area (Å²) in [5.41, 5.74) is 1.34. The molecule has 4 nitrogen and oxygen atoms in total. The largest absolute Gasteiger partial charge is 0.356 e. The molecule has 0 saturated heterocycles. The van der Waals surface area contributed by atoms with E-state index in [1.165, 1.54) is 0 Å². The van der Waals surface area contributed by atoms with Gasteiger partial charge in [-0.3, -0.25) is 4.99 Å². The second kappa shape index (κ2) is 11.1. The van der Waals surface area contributed by atoms with E-state index in [1.54, 1.807) is 7.05 Å². The Balaban J connectivity index is 0.00000484. The Hall–Kier alpha value is -0.530. The Labute approximate surface area is 163 Å². The van der Waals surface area contributed by atoms with Gasteiger partial charge in [-0.15, -0.1) is 24.0 Å². The van der Waals surface area contributed by atoms with Crippen LogP contribution in [0.15, 0.2) is 29.3 Å². The topological polar surface area (TPSA) is 39.7 Å². The van der Waals surface area contributed by atoms with Gasteiger partial charge in [-0.05, 0) is 37.6 Å². The van der Waals surface area contributed by atoms with Crippen molar-refractivity contribution < 1.29 is 0 Å². The third kappa shape index (κ3) is 9.37. The third-order valence-electron chi connectivity index (χ3n) is 3.35. The first kappa shape index (κ1) is 22.5. The van der Waals surface area contributed by atoms with Crippen LogP contribution >= 0.6 is 35.6 Å². The highest BCUT2D eigenvalue weighted by Gasteiger charge is 2.19. The first-order valence-electron chi connectivity index (χ1n) is 7.67. The highest BCUT2D eigenvalue weighted by atomic mass is 127. The SMILES string of the molecule is CN=C(NCCc1ccccc1Cl)NCC(C)(C)CN(C)C.I. The average molecular weight is 453 g/mol. The maximum atomic E-state index is 6.16. The van der Waals surface area contributed by atoms with Crippen LogP contribution in [0.25, 0.3) is 0 Å². The summed E-state index contributed by atoms with van der Waals surface area (Å²) >= 11 is 6.16. The second-order valence-corrected chi connectivity index (χ2v) is 7.00. The van der Waals surface area contributed by atoms with Gasteiger partial charge in [0.05, 0.1) is 0 Å². The number of benzene rings is 1. The minimum absolute atomic E-state index is 0. The van der Waals surface area contributed by atoms with Crippen molar-refractivity contribution in [3.8, 4) is 0 Å². The maximum Gasteiger partial charge on any atom is 0.191 e. The Morgan fingerprint density at radius 1 is 1.22 bits per heavy atom. The van der Waals surface area contributed by atoms with E-state index in [9.17, 15) is 0 Å². The van der Waals surface area contributed by atoms with Crippen molar-refractivity contribution in [3.63, 3.8) is 0 Å². The zero-order valence-electron chi connectivity index (χ0n) is 14.8. The predicted octanol–water partition coefficient (Wildman–Crippen LogP) is 3.25. The lowest BCUT2D eigenvalue weighted by Crippen LogP contribution is -2.45. The van der Waals surface area contributed by atoms with Crippen molar-refractivity contribution in [1.82, 2.24) is 15.5 Å². The van der Waals surface area contributed by atoms with Gasteiger partial charge in [-0.25, -0.2) is 0 Å². The summed E-state index contributed by atoms with van der Waals surface area (Å²) in [5, 5.41) is 7.55. The quantitative estimate of drug-likeness (QED) is 0.379. The van der Waals surface area contributed by atoms with Crippen molar-refractivity contribution in [2.24, 2.45) is 10.4 Å².